The van der Waals surface area contributed by atoms with Gasteiger partial charge in [0.1, 0.15) is 5.52 Å². The topological polar surface area (TPSA) is 58.4 Å². The number of hydrogen-bond acceptors (Lipinski definition) is 4. The van der Waals surface area contributed by atoms with E-state index in [1.165, 1.54) is 6.21 Å². The number of halogens is 1. The Morgan fingerprint density at radius 3 is 2.44 bits per heavy atom. The highest BCUT2D eigenvalue weighted by Crippen LogP contribution is 2.21. The fraction of sp³-hybridized carbons (Fsp3) is 0. The molecule has 1 heterocycles. The molecule has 0 bridgehead atoms. The Morgan fingerprint density at radius 1 is 1.19 bits per heavy atom. The van der Waals surface area contributed by atoms with Crippen molar-refractivity contribution in [2.45, 2.75) is 0 Å². The molecule has 0 fully saturated rings. The second-order valence-corrected chi connectivity index (χ2v) is 4.33. The molecule has 0 atom stereocenters. The van der Waals surface area contributed by atoms with Crippen LogP contribution in [0.25, 0.3) is 11.0 Å². The summed E-state index contributed by atoms with van der Waals surface area (Å²) in [6.45, 7) is 0. The first-order valence-corrected chi connectivity index (χ1v) is 5.53. The summed E-state index contributed by atoms with van der Waals surface area (Å²) in [5.74, 6) is 0. The molecule has 0 saturated heterocycles. The molecule has 1 N–H and O–H groups in total. The molecule has 1 aromatic carbocycles. The van der Waals surface area contributed by atoms with Crippen molar-refractivity contribution in [1.82, 2.24) is 9.97 Å². The van der Waals surface area contributed by atoms with E-state index in [0.717, 1.165) is 32.3 Å². The van der Waals surface area contributed by atoms with Gasteiger partial charge in [-0.25, -0.2) is 0 Å². The van der Waals surface area contributed by atoms with E-state index in [1.807, 2.05) is 27.8 Å². The quantitative estimate of drug-likeness (QED) is 0.305. The van der Waals surface area contributed by atoms with Gasteiger partial charge in [-0.2, -0.15) is 0 Å². The number of oxime groups is 1. The predicted molar refractivity (Wildman–Crippen MR) is 73.0 cm³/mol. The standard InChI is InChI=1S/C9H8B2BrN3O/c10-8-9(11)15-7-5(12)2-1-4(3-13-16)6(7)14-8/h1-3,16H,10-11H2/b13-3+. The summed E-state index contributed by atoms with van der Waals surface area (Å²) in [4.78, 5) is 8.92. The lowest BCUT2D eigenvalue weighted by atomic mass is 9.90. The molecule has 0 unspecified atom stereocenters. The van der Waals surface area contributed by atoms with E-state index in [2.05, 4.69) is 31.1 Å². The van der Waals surface area contributed by atoms with E-state index >= 15 is 0 Å². The van der Waals surface area contributed by atoms with Crippen molar-refractivity contribution in [1.29, 1.82) is 0 Å². The van der Waals surface area contributed by atoms with Gasteiger partial charge in [-0.15, -0.1) is 0 Å². The van der Waals surface area contributed by atoms with Gasteiger partial charge < -0.3 is 5.21 Å². The molecule has 0 saturated carbocycles. The Hall–Kier alpha value is -1.36. The van der Waals surface area contributed by atoms with Crippen molar-refractivity contribution in [2.75, 3.05) is 0 Å². The molecule has 0 aliphatic heterocycles. The van der Waals surface area contributed by atoms with Gasteiger partial charge in [0.25, 0.3) is 0 Å². The summed E-state index contributed by atoms with van der Waals surface area (Å²) >= 11 is 3.43. The Balaban J connectivity index is 2.87. The third-order valence-electron chi connectivity index (χ3n) is 2.41. The first-order chi connectivity index (χ1) is 7.63. The van der Waals surface area contributed by atoms with Crippen LogP contribution >= 0.6 is 15.9 Å². The van der Waals surface area contributed by atoms with Gasteiger partial charge in [-0.05, 0) is 28.1 Å². The van der Waals surface area contributed by atoms with Gasteiger partial charge in [0, 0.05) is 21.2 Å². The van der Waals surface area contributed by atoms with Crippen LogP contribution in [-0.4, -0.2) is 37.1 Å². The van der Waals surface area contributed by atoms with Crippen molar-refractivity contribution in [3.8, 4) is 0 Å². The van der Waals surface area contributed by atoms with Crippen molar-refractivity contribution < 1.29 is 5.21 Å². The SMILES string of the molecule is Bc1nc2c(Br)ccc(/C=N/O)c2nc1B. The highest BCUT2D eigenvalue weighted by atomic mass is 79.9. The van der Waals surface area contributed by atoms with Gasteiger partial charge in [-0.1, -0.05) is 5.16 Å². The number of rotatable bonds is 1. The van der Waals surface area contributed by atoms with E-state index < -0.39 is 0 Å². The Labute approximate surface area is 103 Å². The number of nitrogens with zero attached hydrogens (tertiary/aromatic N) is 3. The molecule has 0 aliphatic carbocycles. The first kappa shape index (κ1) is 11.1. The second-order valence-electron chi connectivity index (χ2n) is 3.47. The zero-order valence-corrected chi connectivity index (χ0v) is 10.5. The molecule has 78 valence electrons. The molecular weight excluding hydrogens is 268 g/mol. The smallest absolute Gasteiger partial charge is 0.165 e. The summed E-state index contributed by atoms with van der Waals surface area (Å²) in [7, 11) is 3.82. The molecule has 7 heteroatoms. The Bertz CT molecular complexity index is 588. The van der Waals surface area contributed by atoms with Crippen LogP contribution in [-0.2, 0) is 0 Å². The minimum absolute atomic E-state index is 0.732. The zero-order valence-electron chi connectivity index (χ0n) is 8.90. The van der Waals surface area contributed by atoms with Gasteiger partial charge in [0.2, 0.25) is 0 Å². The van der Waals surface area contributed by atoms with Crippen LogP contribution in [0.1, 0.15) is 5.56 Å². The zero-order chi connectivity index (χ0) is 11.7. The van der Waals surface area contributed by atoms with Crippen molar-refractivity contribution in [3.63, 3.8) is 0 Å². The maximum atomic E-state index is 8.58. The van der Waals surface area contributed by atoms with E-state index in [0.29, 0.717) is 0 Å². The predicted octanol–water partition coefficient (Wildman–Crippen LogP) is -1.28. The molecular formula is C9H8B2BrN3O. The van der Waals surface area contributed by atoms with E-state index in [4.69, 9.17) is 5.21 Å². The highest BCUT2D eigenvalue weighted by molar-refractivity contribution is 9.10. The average molecular weight is 276 g/mol. The third kappa shape index (κ3) is 1.82. The normalized spacial score (nSPS) is 11.3. The van der Waals surface area contributed by atoms with Crippen LogP contribution in [0.15, 0.2) is 21.8 Å². The van der Waals surface area contributed by atoms with Gasteiger partial charge in [0.05, 0.1) is 11.7 Å². The summed E-state index contributed by atoms with van der Waals surface area (Å²) in [5, 5.41) is 11.6. The fourth-order valence-electron chi connectivity index (χ4n) is 1.46. The number of aromatic nitrogens is 2. The lowest BCUT2D eigenvalue weighted by Crippen LogP contribution is -2.32. The largest absolute Gasteiger partial charge is 0.411 e. The molecule has 2 aromatic rings. The number of benzene rings is 1. The van der Waals surface area contributed by atoms with Crippen LogP contribution in [0, 0.1) is 0 Å². The fourth-order valence-corrected chi connectivity index (χ4v) is 1.87. The summed E-state index contributed by atoms with van der Waals surface area (Å²) in [6.07, 6.45) is 1.36. The monoisotopic (exact) mass is 275 g/mol. The minimum atomic E-state index is 0.732. The van der Waals surface area contributed by atoms with Crippen LogP contribution in [0.2, 0.25) is 0 Å². The van der Waals surface area contributed by atoms with Crippen LogP contribution in [0.4, 0.5) is 0 Å². The van der Waals surface area contributed by atoms with Crippen LogP contribution in [0.3, 0.4) is 0 Å². The first-order valence-electron chi connectivity index (χ1n) is 4.74. The highest BCUT2D eigenvalue weighted by Gasteiger charge is 2.08. The summed E-state index contributed by atoms with van der Waals surface area (Å²) in [5.41, 5.74) is 4.02. The van der Waals surface area contributed by atoms with Crippen LogP contribution < -0.4 is 11.2 Å². The van der Waals surface area contributed by atoms with Gasteiger partial charge in [0.15, 0.2) is 15.7 Å². The molecule has 0 amide bonds. The van der Waals surface area contributed by atoms with Gasteiger partial charge in [-0.3, -0.25) is 9.97 Å². The molecule has 0 aliphatic rings. The lowest BCUT2D eigenvalue weighted by Gasteiger charge is -2.06. The lowest BCUT2D eigenvalue weighted by molar-refractivity contribution is 0.322. The molecule has 1 aromatic heterocycles. The van der Waals surface area contributed by atoms with E-state index in [-0.39, 0.29) is 0 Å². The third-order valence-corrected chi connectivity index (χ3v) is 3.05. The molecule has 4 nitrogen and oxygen atoms in total. The Morgan fingerprint density at radius 2 is 1.81 bits per heavy atom. The maximum Gasteiger partial charge on any atom is 0.165 e. The molecule has 0 radical (unpaired) electrons. The maximum absolute atomic E-state index is 8.58. The van der Waals surface area contributed by atoms with Crippen LogP contribution in [0.5, 0.6) is 0 Å². The number of fused-ring (bicyclic) bond motifs is 1. The summed E-state index contributed by atoms with van der Waals surface area (Å²) < 4.78 is 0.883. The van der Waals surface area contributed by atoms with E-state index in [9.17, 15) is 0 Å². The molecule has 0 spiro atoms. The molecule has 16 heavy (non-hydrogen) atoms. The average Bonchev–Trinajstić information content (AvgIpc) is 2.25. The Kier molecular flexibility index (Phi) is 2.96. The summed E-state index contributed by atoms with van der Waals surface area (Å²) in [6, 6.07) is 3.69. The molecule has 2 rings (SSSR count). The van der Waals surface area contributed by atoms with E-state index in [1.54, 1.807) is 0 Å². The second kappa shape index (κ2) is 4.25. The number of hydrogen-bond donors (Lipinski definition) is 1. The van der Waals surface area contributed by atoms with Crippen molar-refractivity contribution >= 4 is 60.1 Å². The van der Waals surface area contributed by atoms with Crippen molar-refractivity contribution in [3.05, 3.63) is 22.2 Å². The van der Waals surface area contributed by atoms with Crippen molar-refractivity contribution in [2.24, 2.45) is 5.16 Å². The van der Waals surface area contributed by atoms with Gasteiger partial charge >= 0.3 is 0 Å². The minimum Gasteiger partial charge on any atom is -0.411 e.